The van der Waals surface area contributed by atoms with Crippen molar-refractivity contribution in [2.24, 2.45) is 5.92 Å². The third-order valence-electron chi connectivity index (χ3n) is 3.89. The summed E-state index contributed by atoms with van der Waals surface area (Å²) in [6.45, 7) is 4.94. The van der Waals surface area contributed by atoms with Crippen molar-refractivity contribution in [3.05, 3.63) is 0 Å². The van der Waals surface area contributed by atoms with Crippen molar-refractivity contribution in [3.8, 4) is 0 Å². The molecule has 0 aromatic rings. The van der Waals surface area contributed by atoms with Crippen LogP contribution >= 0.6 is 0 Å². The van der Waals surface area contributed by atoms with Crippen molar-refractivity contribution in [1.82, 2.24) is 15.1 Å². The molecule has 2 fully saturated rings. The van der Waals surface area contributed by atoms with Crippen LogP contribution in [0.1, 0.15) is 20.3 Å². The number of hydrogen-bond acceptors (Lipinski definition) is 3. The van der Waals surface area contributed by atoms with Gasteiger partial charge in [-0.1, -0.05) is 0 Å². The maximum Gasteiger partial charge on any atom is 0.320 e. The molecule has 7 nitrogen and oxygen atoms in total. The summed E-state index contributed by atoms with van der Waals surface area (Å²) >= 11 is 0. The van der Waals surface area contributed by atoms with E-state index in [-0.39, 0.29) is 18.5 Å². The Balaban J connectivity index is 2.08. The molecule has 1 unspecified atom stereocenters. The van der Waals surface area contributed by atoms with Gasteiger partial charge >= 0.3 is 12.0 Å². The number of rotatable bonds is 1. The summed E-state index contributed by atoms with van der Waals surface area (Å²) in [5.41, 5.74) is -0.892. The number of carbonyl (C=O) groups is 3. The molecular weight excluding hydrogens is 250 g/mol. The highest BCUT2D eigenvalue weighted by atomic mass is 16.4. The number of hydrogen-bond donors (Lipinski definition) is 2. The lowest BCUT2D eigenvalue weighted by atomic mass is 9.99. The highest BCUT2D eigenvalue weighted by Gasteiger charge is 2.43. The fourth-order valence-corrected chi connectivity index (χ4v) is 2.54. The van der Waals surface area contributed by atoms with E-state index in [0.29, 0.717) is 26.1 Å². The molecule has 2 heterocycles. The van der Waals surface area contributed by atoms with E-state index in [1.807, 2.05) is 0 Å². The Morgan fingerprint density at radius 1 is 1.37 bits per heavy atom. The first-order valence-corrected chi connectivity index (χ1v) is 6.41. The average Bonchev–Trinajstić information content (AvgIpc) is 2.81. The van der Waals surface area contributed by atoms with Crippen molar-refractivity contribution in [2.75, 3.05) is 26.2 Å². The second kappa shape index (κ2) is 4.71. The van der Waals surface area contributed by atoms with Gasteiger partial charge in [0.2, 0.25) is 5.91 Å². The molecule has 2 rings (SSSR count). The molecule has 0 spiro atoms. The van der Waals surface area contributed by atoms with Gasteiger partial charge in [0.25, 0.3) is 0 Å². The van der Waals surface area contributed by atoms with Crippen LogP contribution in [0.3, 0.4) is 0 Å². The first-order valence-electron chi connectivity index (χ1n) is 6.41. The molecule has 0 radical (unpaired) electrons. The fraction of sp³-hybridized carbons (Fsp3) is 0.750. The summed E-state index contributed by atoms with van der Waals surface area (Å²) in [5, 5.41) is 11.7. The van der Waals surface area contributed by atoms with Crippen LogP contribution in [0.2, 0.25) is 0 Å². The van der Waals surface area contributed by atoms with Crippen LogP contribution in [0.4, 0.5) is 4.79 Å². The summed E-state index contributed by atoms with van der Waals surface area (Å²) in [6.07, 6.45) is 0.474. The molecule has 2 aliphatic rings. The number of urea groups is 1. The van der Waals surface area contributed by atoms with E-state index in [1.54, 1.807) is 13.8 Å². The summed E-state index contributed by atoms with van der Waals surface area (Å²) < 4.78 is 0. The Bertz CT molecular complexity index is 421. The Morgan fingerprint density at radius 2 is 2.05 bits per heavy atom. The Morgan fingerprint density at radius 3 is 2.63 bits per heavy atom. The van der Waals surface area contributed by atoms with Gasteiger partial charge in [-0.05, 0) is 20.3 Å². The zero-order chi connectivity index (χ0) is 14.2. The van der Waals surface area contributed by atoms with E-state index in [9.17, 15) is 14.4 Å². The van der Waals surface area contributed by atoms with Crippen molar-refractivity contribution in [2.45, 2.75) is 25.8 Å². The van der Waals surface area contributed by atoms with Gasteiger partial charge in [-0.3, -0.25) is 9.59 Å². The third kappa shape index (κ3) is 2.36. The van der Waals surface area contributed by atoms with Crippen LogP contribution in [0.5, 0.6) is 0 Å². The largest absolute Gasteiger partial charge is 0.481 e. The zero-order valence-corrected chi connectivity index (χ0v) is 11.2. The number of nitrogens with zero attached hydrogens (tertiary/aromatic N) is 2. The Kier molecular flexibility index (Phi) is 3.38. The molecule has 0 bridgehead atoms. The predicted molar refractivity (Wildman–Crippen MR) is 66.5 cm³/mol. The Labute approximate surface area is 111 Å². The minimum absolute atomic E-state index is 0.180. The average molecular weight is 269 g/mol. The van der Waals surface area contributed by atoms with Crippen molar-refractivity contribution in [1.29, 1.82) is 0 Å². The molecule has 3 amide bonds. The van der Waals surface area contributed by atoms with Gasteiger partial charge in [0.1, 0.15) is 5.54 Å². The van der Waals surface area contributed by atoms with E-state index in [1.165, 1.54) is 9.80 Å². The smallest absolute Gasteiger partial charge is 0.320 e. The molecule has 19 heavy (non-hydrogen) atoms. The van der Waals surface area contributed by atoms with Gasteiger partial charge < -0.3 is 20.2 Å². The van der Waals surface area contributed by atoms with Gasteiger partial charge in [0.05, 0.1) is 5.92 Å². The van der Waals surface area contributed by atoms with Crippen molar-refractivity contribution >= 4 is 17.9 Å². The van der Waals surface area contributed by atoms with Crippen LogP contribution in [0.25, 0.3) is 0 Å². The van der Waals surface area contributed by atoms with Gasteiger partial charge in [0, 0.05) is 26.2 Å². The molecule has 106 valence electrons. The third-order valence-corrected chi connectivity index (χ3v) is 3.89. The SMILES string of the molecule is CC1(C)C(=O)NCCN1C(=O)N1CCC(C(=O)O)C1. The monoisotopic (exact) mass is 269 g/mol. The van der Waals surface area contributed by atoms with Crippen molar-refractivity contribution < 1.29 is 19.5 Å². The van der Waals surface area contributed by atoms with E-state index in [4.69, 9.17) is 5.11 Å². The molecule has 0 aliphatic carbocycles. The first kappa shape index (κ1) is 13.6. The normalized spacial score (nSPS) is 26.2. The molecule has 0 aromatic heterocycles. The minimum Gasteiger partial charge on any atom is -0.481 e. The molecule has 2 aliphatic heterocycles. The van der Waals surface area contributed by atoms with Gasteiger partial charge in [0.15, 0.2) is 0 Å². The molecule has 2 saturated heterocycles. The van der Waals surface area contributed by atoms with Crippen LogP contribution in [-0.4, -0.2) is 64.5 Å². The van der Waals surface area contributed by atoms with Crippen LogP contribution in [0, 0.1) is 5.92 Å². The molecule has 2 N–H and O–H groups in total. The van der Waals surface area contributed by atoms with E-state index in [0.717, 1.165) is 0 Å². The lowest BCUT2D eigenvalue weighted by Gasteiger charge is -2.42. The minimum atomic E-state index is -0.892. The van der Waals surface area contributed by atoms with Crippen LogP contribution in [-0.2, 0) is 9.59 Å². The molecule has 1 atom stereocenters. The second-order valence-corrected chi connectivity index (χ2v) is 5.52. The standard InChI is InChI=1S/C12H19N3O4/c1-12(2)10(18)13-4-6-15(12)11(19)14-5-3-8(7-14)9(16)17/h8H,3-7H2,1-2H3,(H,13,18)(H,16,17). The van der Waals surface area contributed by atoms with E-state index >= 15 is 0 Å². The fourth-order valence-electron chi connectivity index (χ4n) is 2.54. The number of carboxylic acid groups (broad SMARTS) is 1. The first-order chi connectivity index (χ1) is 8.84. The van der Waals surface area contributed by atoms with Crippen molar-refractivity contribution in [3.63, 3.8) is 0 Å². The number of aliphatic carboxylic acids is 1. The number of nitrogens with one attached hydrogen (secondary N) is 1. The second-order valence-electron chi connectivity index (χ2n) is 5.52. The topological polar surface area (TPSA) is 90.0 Å². The summed E-state index contributed by atoms with van der Waals surface area (Å²) in [7, 11) is 0. The maximum atomic E-state index is 12.4. The summed E-state index contributed by atoms with van der Waals surface area (Å²) in [5.74, 6) is -1.54. The lowest BCUT2D eigenvalue weighted by Crippen LogP contribution is -2.65. The summed E-state index contributed by atoms with van der Waals surface area (Å²) in [6, 6.07) is -0.247. The van der Waals surface area contributed by atoms with Crippen LogP contribution in [0.15, 0.2) is 0 Å². The number of likely N-dealkylation sites (tertiary alicyclic amines) is 1. The van der Waals surface area contributed by atoms with Gasteiger partial charge in [-0.25, -0.2) is 4.79 Å². The predicted octanol–water partition coefficient (Wildman–Crippen LogP) is -0.277. The molecule has 0 saturated carbocycles. The number of piperazine rings is 1. The number of amides is 3. The number of carbonyl (C=O) groups excluding carboxylic acids is 2. The lowest BCUT2D eigenvalue weighted by molar-refractivity contribution is -0.141. The highest BCUT2D eigenvalue weighted by Crippen LogP contribution is 2.23. The zero-order valence-electron chi connectivity index (χ0n) is 11.2. The van der Waals surface area contributed by atoms with E-state index in [2.05, 4.69) is 5.32 Å². The summed E-state index contributed by atoms with van der Waals surface area (Å²) in [4.78, 5) is 38.2. The quantitative estimate of drug-likeness (QED) is 0.685. The number of carboxylic acids is 1. The van der Waals surface area contributed by atoms with Gasteiger partial charge in [-0.2, -0.15) is 0 Å². The highest BCUT2D eigenvalue weighted by molar-refractivity contribution is 5.91. The molecular formula is C12H19N3O4. The Hall–Kier alpha value is -1.79. The van der Waals surface area contributed by atoms with E-state index < -0.39 is 17.4 Å². The van der Waals surface area contributed by atoms with Crippen LogP contribution < -0.4 is 5.32 Å². The molecule has 7 heteroatoms. The molecule has 0 aromatic carbocycles. The van der Waals surface area contributed by atoms with Gasteiger partial charge in [-0.15, -0.1) is 0 Å². The maximum absolute atomic E-state index is 12.4.